The molecule has 0 radical (unpaired) electrons. The van der Waals surface area contributed by atoms with Crippen LogP contribution in [0.5, 0.6) is 0 Å². The number of hydrogen-bond acceptors (Lipinski definition) is 2. The second-order valence-electron chi connectivity index (χ2n) is 5.11. The van der Waals surface area contributed by atoms with Crippen LogP contribution in [-0.2, 0) is 11.3 Å². The van der Waals surface area contributed by atoms with Gasteiger partial charge in [0.15, 0.2) is 6.29 Å². The van der Waals surface area contributed by atoms with Gasteiger partial charge in [-0.1, -0.05) is 60.1 Å². The lowest BCUT2D eigenvalue weighted by atomic mass is 10.0. The molecule has 2 aromatic carbocycles. The molecule has 3 rings (SSSR count). The Morgan fingerprint density at radius 1 is 1.05 bits per heavy atom. The summed E-state index contributed by atoms with van der Waals surface area (Å²) >= 11 is 6.30. The molecule has 0 amide bonds. The normalized spacial score (nSPS) is 14.6. The molecule has 1 heterocycles. The fourth-order valence-electron chi connectivity index (χ4n) is 2.71. The second-order valence-corrected chi connectivity index (χ2v) is 5.57. The summed E-state index contributed by atoms with van der Waals surface area (Å²) < 4.78 is 0. The van der Waals surface area contributed by atoms with E-state index in [0.29, 0.717) is 17.0 Å². The van der Waals surface area contributed by atoms with E-state index < -0.39 is 0 Å². The predicted molar refractivity (Wildman–Crippen MR) is 87.4 cm³/mol. The van der Waals surface area contributed by atoms with Gasteiger partial charge in [0, 0.05) is 41.4 Å². The first-order valence-corrected chi connectivity index (χ1v) is 7.39. The van der Waals surface area contributed by atoms with E-state index >= 15 is 0 Å². The maximum absolute atomic E-state index is 11.4. The molecule has 2 aromatic rings. The van der Waals surface area contributed by atoms with Gasteiger partial charge in [-0.05, 0) is 11.6 Å². The molecule has 1 aliphatic rings. The van der Waals surface area contributed by atoms with Gasteiger partial charge in [0.1, 0.15) is 0 Å². The van der Waals surface area contributed by atoms with Crippen LogP contribution >= 0.6 is 11.6 Å². The van der Waals surface area contributed by atoms with Crippen LogP contribution in [0.25, 0.3) is 5.57 Å². The van der Waals surface area contributed by atoms with Gasteiger partial charge in [0.25, 0.3) is 0 Å². The number of hydrogen-bond donors (Lipinski definition) is 0. The number of rotatable bonds is 3. The summed E-state index contributed by atoms with van der Waals surface area (Å²) in [5.41, 5.74) is 3.85. The maximum Gasteiger partial charge on any atom is 0.151 e. The molecule has 21 heavy (non-hydrogen) atoms. The zero-order valence-electron chi connectivity index (χ0n) is 11.6. The number of carbonyl (C=O) groups excluding carboxylic acids is 1. The van der Waals surface area contributed by atoms with E-state index in [-0.39, 0.29) is 0 Å². The molecule has 2 nitrogen and oxygen atoms in total. The van der Waals surface area contributed by atoms with Crippen molar-refractivity contribution in [3.8, 4) is 0 Å². The minimum Gasteiger partial charge on any atom is -0.366 e. The van der Waals surface area contributed by atoms with Crippen molar-refractivity contribution in [1.29, 1.82) is 0 Å². The van der Waals surface area contributed by atoms with Crippen LogP contribution in [0.1, 0.15) is 17.5 Å². The Labute approximate surface area is 129 Å². The number of aldehydes is 1. The molecule has 0 spiro atoms. The van der Waals surface area contributed by atoms with Crippen molar-refractivity contribution < 1.29 is 4.79 Å². The van der Waals surface area contributed by atoms with Crippen LogP contribution in [0.2, 0.25) is 0 Å². The third kappa shape index (κ3) is 2.86. The zero-order valence-corrected chi connectivity index (χ0v) is 12.4. The third-order valence-corrected chi connectivity index (χ3v) is 4.16. The number of carbonyl (C=O) groups is 1. The summed E-state index contributed by atoms with van der Waals surface area (Å²) in [6.45, 7) is 1.62. The van der Waals surface area contributed by atoms with E-state index in [0.717, 1.165) is 30.6 Å². The zero-order chi connectivity index (χ0) is 14.7. The summed E-state index contributed by atoms with van der Waals surface area (Å²) in [7, 11) is 0. The minimum atomic E-state index is 0.614. The molecule has 0 aliphatic carbocycles. The van der Waals surface area contributed by atoms with Crippen molar-refractivity contribution in [2.24, 2.45) is 0 Å². The Balaban J connectivity index is 2.00. The van der Waals surface area contributed by atoms with Crippen molar-refractivity contribution in [2.75, 3.05) is 11.4 Å². The highest BCUT2D eigenvalue weighted by atomic mass is 35.5. The number of anilines is 1. The van der Waals surface area contributed by atoms with Crippen LogP contribution in [0.4, 0.5) is 5.69 Å². The van der Waals surface area contributed by atoms with Gasteiger partial charge >= 0.3 is 0 Å². The first-order chi connectivity index (χ1) is 10.3. The van der Waals surface area contributed by atoms with E-state index in [1.54, 1.807) is 0 Å². The van der Waals surface area contributed by atoms with Gasteiger partial charge in [0.05, 0.1) is 0 Å². The van der Waals surface area contributed by atoms with Crippen molar-refractivity contribution in [3.63, 3.8) is 0 Å². The molecule has 0 aromatic heterocycles. The molecule has 0 bridgehead atoms. The van der Waals surface area contributed by atoms with Gasteiger partial charge < -0.3 is 4.90 Å². The van der Waals surface area contributed by atoms with Crippen LogP contribution < -0.4 is 4.90 Å². The third-order valence-electron chi connectivity index (χ3n) is 3.76. The Kier molecular flexibility index (Phi) is 4.07. The first kappa shape index (κ1) is 13.9. The molecule has 1 aliphatic heterocycles. The Morgan fingerprint density at radius 2 is 1.76 bits per heavy atom. The minimum absolute atomic E-state index is 0.614. The SMILES string of the molecule is O=CC1=C(Cl)CCN(Cc2ccccc2)c2ccccc21. The van der Waals surface area contributed by atoms with Gasteiger partial charge in [-0.3, -0.25) is 4.79 Å². The van der Waals surface area contributed by atoms with Gasteiger partial charge in [-0.25, -0.2) is 0 Å². The van der Waals surface area contributed by atoms with Gasteiger partial charge in [-0.2, -0.15) is 0 Å². The van der Waals surface area contributed by atoms with E-state index in [4.69, 9.17) is 11.6 Å². The second kappa shape index (κ2) is 6.15. The molecular weight excluding hydrogens is 282 g/mol. The molecule has 0 saturated carbocycles. The summed E-state index contributed by atoms with van der Waals surface area (Å²) in [6, 6.07) is 18.3. The maximum atomic E-state index is 11.4. The van der Waals surface area contributed by atoms with E-state index in [2.05, 4.69) is 23.1 Å². The van der Waals surface area contributed by atoms with Crippen LogP contribution in [-0.4, -0.2) is 12.8 Å². The van der Waals surface area contributed by atoms with Crippen molar-refractivity contribution in [3.05, 3.63) is 70.8 Å². The lowest BCUT2D eigenvalue weighted by Gasteiger charge is -2.25. The molecular formula is C18H16ClNO. The molecule has 0 saturated heterocycles. The van der Waals surface area contributed by atoms with Crippen molar-refractivity contribution in [2.45, 2.75) is 13.0 Å². The largest absolute Gasteiger partial charge is 0.366 e. The Bertz CT molecular complexity index is 679. The van der Waals surface area contributed by atoms with E-state index in [9.17, 15) is 4.79 Å². The lowest BCUT2D eigenvalue weighted by molar-refractivity contribution is -0.103. The summed E-state index contributed by atoms with van der Waals surface area (Å²) in [5.74, 6) is 0. The Hall–Kier alpha value is -2.06. The highest BCUT2D eigenvalue weighted by Crippen LogP contribution is 2.34. The van der Waals surface area contributed by atoms with Crippen LogP contribution in [0, 0.1) is 0 Å². The number of benzene rings is 2. The molecule has 0 atom stereocenters. The summed E-state index contributed by atoms with van der Waals surface area (Å²) in [4.78, 5) is 13.7. The number of allylic oxidation sites excluding steroid dienone is 1. The summed E-state index contributed by atoms with van der Waals surface area (Å²) in [6.07, 6.45) is 1.56. The average molecular weight is 298 g/mol. The van der Waals surface area contributed by atoms with Gasteiger partial charge in [0.2, 0.25) is 0 Å². The molecule has 106 valence electrons. The number of fused-ring (bicyclic) bond motifs is 1. The van der Waals surface area contributed by atoms with E-state index in [1.807, 2.05) is 36.4 Å². The predicted octanol–water partition coefficient (Wildman–Crippen LogP) is 4.25. The molecule has 0 unspecified atom stereocenters. The van der Waals surface area contributed by atoms with E-state index in [1.165, 1.54) is 5.56 Å². The van der Waals surface area contributed by atoms with Crippen LogP contribution in [0.15, 0.2) is 59.6 Å². The molecule has 3 heteroatoms. The first-order valence-electron chi connectivity index (χ1n) is 7.01. The summed E-state index contributed by atoms with van der Waals surface area (Å²) in [5, 5.41) is 0.646. The highest BCUT2D eigenvalue weighted by molar-refractivity contribution is 6.37. The van der Waals surface area contributed by atoms with Crippen molar-refractivity contribution in [1.82, 2.24) is 0 Å². The van der Waals surface area contributed by atoms with Crippen molar-refractivity contribution >= 4 is 29.1 Å². The fourth-order valence-corrected chi connectivity index (χ4v) is 2.94. The fraction of sp³-hybridized carbons (Fsp3) is 0.167. The average Bonchev–Trinajstić information content (AvgIpc) is 2.66. The molecule has 0 N–H and O–H groups in total. The standard InChI is InChI=1S/C18H16ClNO/c19-17-10-11-20(12-14-6-2-1-3-7-14)18-9-5-4-8-15(18)16(17)13-21/h1-9,13H,10-12H2. The number of halogens is 1. The lowest BCUT2D eigenvalue weighted by Crippen LogP contribution is -2.23. The monoisotopic (exact) mass is 297 g/mol. The highest BCUT2D eigenvalue weighted by Gasteiger charge is 2.20. The van der Waals surface area contributed by atoms with Gasteiger partial charge in [-0.15, -0.1) is 0 Å². The topological polar surface area (TPSA) is 20.3 Å². The quantitative estimate of drug-likeness (QED) is 0.790. The number of nitrogens with zero attached hydrogens (tertiary/aromatic N) is 1. The Morgan fingerprint density at radius 3 is 2.52 bits per heavy atom. The smallest absolute Gasteiger partial charge is 0.151 e. The van der Waals surface area contributed by atoms with Crippen LogP contribution in [0.3, 0.4) is 0 Å². The molecule has 0 fully saturated rings. The number of para-hydroxylation sites is 1.